The number of nitrogens with zero attached hydrogens (tertiary/aromatic N) is 6. The number of hydrogen-bond donors (Lipinski definition) is 2. The van der Waals surface area contributed by atoms with Gasteiger partial charge in [-0.15, -0.1) is 16.4 Å². The molecule has 9 nitrogen and oxygen atoms in total. The van der Waals surface area contributed by atoms with Crippen molar-refractivity contribution in [3.63, 3.8) is 0 Å². The van der Waals surface area contributed by atoms with E-state index in [-0.39, 0.29) is 11.4 Å². The average Bonchev–Trinajstić information content (AvgIpc) is 3.62. The fourth-order valence-corrected chi connectivity index (χ4v) is 6.85. The van der Waals surface area contributed by atoms with Crippen molar-refractivity contribution in [2.45, 2.75) is 52.9 Å². The summed E-state index contributed by atoms with van der Waals surface area (Å²) in [6.45, 7) is 11.0. The topological polar surface area (TPSA) is 107 Å². The minimum Gasteiger partial charge on any atom is -0.492 e. The minimum absolute atomic E-state index is 0.289. The highest BCUT2D eigenvalue weighted by molar-refractivity contribution is 7.18. The van der Waals surface area contributed by atoms with Crippen LogP contribution in [-0.4, -0.2) is 55.9 Å². The maximum absolute atomic E-state index is 6.34. The number of rotatable bonds is 7. The van der Waals surface area contributed by atoms with E-state index in [1.807, 2.05) is 24.3 Å². The van der Waals surface area contributed by atoms with Crippen LogP contribution in [0.25, 0.3) is 16.0 Å². The van der Waals surface area contributed by atoms with Gasteiger partial charge >= 0.3 is 0 Å². The Bertz CT molecular complexity index is 1420. The molecule has 10 heteroatoms. The third-order valence-corrected chi connectivity index (χ3v) is 9.03. The van der Waals surface area contributed by atoms with E-state index in [0.717, 1.165) is 47.5 Å². The molecule has 1 unspecified atom stereocenters. The zero-order chi connectivity index (χ0) is 26.3. The zero-order valence-corrected chi connectivity index (χ0v) is 23.2. The Balaban J connectivity index is 1.18. The molecule has 3 N–H and O–H groups in total. The van der Waals surface area contributed by atoms with Crippen LogP contribution in [0.5, 0.6) is 5.75 Å². The number of nitrogens with one attached hydrogen (secondary N) is 1. The predicted molar refractivity (Wildman–Crippen MR) is 153 cm³/mol. The Hall–Kier alpha value is -3.24. The summed E-state index contributed by atoms with van der Waals surface area (Å²) in [5.74, 6) is 2.92. The van der Waals surface area contributed by atoms with Crippen molar-refractivity contribution in [2.24, 2.45) is 11.3 Å². The van der Waals surface area contributed by atoms with Crippen LogP contribution < -0.4 is 15.8 Å². The Morgan fingerprint density at radius 3 is 2.68 bits per heavy atom. The van der Waals surface area contributed by atoms with Crippen LogP contribution in [0.2, 0.25) is 0 Å². The van der Waals surface area contributed by atoms with Crippen LogP contribution in [0.4, 0.5) is 17.6 Å². The van der Waals surface area contributed by atoms with Crippen molar-refractivity contribution >= 4 is 39.1 Å². The number of benzene rings is 1. The molecule has 4 aromatic rings. The first-order chi connectivity index (χ1) is 18.3. The third-order valence-electron chi connectivity index (χ3n) is 7.87. The number of hydrogen-bond acceptors (Lipinski definition) is 9. The second-order valence-electron chi connectivity index (χ2n) is 11.4. The van der Waals surface area contributed by atoms with Crippen LogP contribution in [0.3, 0.4) is 0 Å². The largest absolute Gasteiger partial charge is 0.492 e. The molecular weight excluding hydrogens is 496 g/mol. The van der Waals surface area contributed by atoms with Gasteiger partial charge in [0.2, 0.25) is 11.9 Å². The van der Waals surface area contributed by atoms with Gasteiger partial charge in [-0.1, -0.05) is 20.8 Å². The molecule has 1 aromatic carbocycles. The van der Waals surface area contributed by atoms with Crippen molar-refractivity contribution in [3.8, 4) is 11.6 Å². The Kier molecular flexibility index (Phi) is 6.69. The molecule has 0 radical (unpaired) electrons. The Morgan fingerprint density at radius 1 is 1.13 bits per heavy atom. The molecule has 1 fully saturated rings. The molecule has 0 bridgehead atoms. The lowest BCUT2D eigenvalue weighted by Gasteiger charge is -2.33. The molecular formula is C28H36N8OS. The molecule has 1 atom stereocenters. The van der Waals surface area contributed by atoms with Gasteiger partial charge < -0.3 is 15.8 Å². The van der Waals surface area contributed by atoms with Gasteiger partial charge in [-0.25, -0.2) is 9.97 Å². The number of nitrogens with two attached hydrogens (primary N) is 1. The maximum Gasteiger partial charge on any atom is 0.248 e. The van der Waals surface area contributed by atoms with E-state index >= 15 is 0 Å². The number of thiophene rings is 1. The molecule has 3 aromatic heterocycles. The number of ether oxygens (including phenoxy) is 1. The van der Waals surface area contributed by atoms with Crippen LogP contribution >= 0.6 is 11.3 Å². The van der Waals surface area contributed by atoms with Crippen LogP contribution in [-0.2, 0) is 12.8 Å². The first-order valence-electron chi connectivity index (χ1n) is 13.6. The van der Waals surface area contributed by atoms with E-state index in [1.54, 1.807) is 22.3 Å². The van der Waals surface area contributed by atoms with Gasteiger partial charge in [0.05, 0.1) is 5.39 Å². The van der Waals surface area contributed by atoms with Crippen molar-refractivity contribution in [1.29, 1.82) is 0 Å². The van der Waals surface area contributed by atoms with Gasteiger partial charge in [-0.2, -0.15) is 9.67 Å². The highest BCUT2D eigenvalue weighted by atomic mass is 32.1. The smallest absolute Gasteiger partial charge is 0.248 e. The van der Waals surface area contributed by atoms with E-state index in [9.17, 15) is 0 Å². The number of aryl methyl sites for hydroxylation is 1. The van der Waals surface area contributed by atoms with Crippen LogP contribution in [0, 0.1) is 11.3 Å². The molecule has 38 heavy (non-hydrogen) atoms. The summed E-state index contributed by atoms with van der Waals surface area (Å²) < 4.78 is 7.55. The fraction of sp³-hybridized carbons (Fsp3) is 0.500. The number of likely N-dealkylation sites (tertiary alicyclic amines) is 1. The molecule has 2 aliphatic rings. The maximum atomic E-state index is 6.34. The van der Waals surface area contributed by atoms with E-state index in [0.29, 0.717) is 24.3 Å². The number of nitrogen functional groups attached to an aromatic ring is 1. The highest BCUT2D eigenvalue weighted by Crippen LogP contribution is 2.44. The molecule has 0 saturated carbocycles. The molecule has 0 spiro atoms. The highest BCUT2D eigenvalue weighted by Gasteiger charge is 2.32. The number of anilines is 3. The van der Waals surface area contributed by atoms with Crippen molar-refractivity contribution in [2.75, 3.05) is 37.3 Å². The lowest BCUT2D eigenvalue weighted by atomic mass is 9.72. The van der Waals surface area contributed by atoms with Gasteiger partial charge in [-0.05, 0) is 86.4 Å². The molecule has 6 rings (SSSR count). The quantitative estimate of drug-likeness (QED) is 0.333. The summed E-state index contributed by atoms with van der Waals surface area (Å²) in [5, 5.41) is 8.99. The van der Waals surface area contributed by atoms with Gasteiger partial charge in [-0.3, -0.25) is 4.90 Å². The average molecular weight is 533 g/mol. The van der Waals surface area contributed by atoms with Gasteiger partial charge in [0, 0.05) is 17.1 Å². The summed E-state index contributed by atoms with van der Waals surface area (Å²) in [5.41, 5.74) is 8.83. The third kappa shape index (κ3) is 5.07. The molecule has 4 heterocycles. The van der Waals surface area contributed by atoms with Gasteiger partial charge in [0.25, 0.3) is 0 Å². The monoisotopic (exact) mass is 532 g/mol. The molecule has 200 valence electrons. The zero-order valence-electron chi connectivity index (χ0n) is 22.4. The van der Waals surface area contributed by atoms with E-state index in [2.05, 4.69) is 51.0 Å². The molecule has 0 amide bonds. The number of aromatic nitrogens is 5. The summed E-state index contributed by atoms with van der Waals surface area (Å²) in [4.78, 5) is 18.5. The fourth-order valence-electron chi connectivity index (χ4n) is 5.59. The summed E-state index contributed by atoms with van der Waals surface area (Å²) >= 11 is 1.77. The van der Waals surface area contributed by atoms with Gasteiger partial charge in [0.15, 0.2) is 5.82 Å². The minimum atomic E-state index is 0.289. The lowest BCUT2D eigenvalue weighted by molar-refractivity contribution is 0.218. The SMILES string of the molecule is CC(C)(C)C1CCc2c(sc3ncnc(-n4nc(Nc5ccc(OCCN6CCCC6)cc5)nc4N)c23)C1. The summed E-state index contributed by atoms with van der Waals surface area (Å²) in [6.07, 6.45) is 7.45. The van der Waals surface area contributed by atoms with E-state index in [1.165, 1.54) is 36.4 Å². The summed E-state index contributed by atoms with van der Waals surface area (Å²) in [7, 11) is 0. The lowest BCUT2D eigenvalue weighted by Crippen LogP contribution is -2.26. The van der Waals surface area contributed by atoms with E-state index < -0.39 is 0 Å². The molecule has 1 aliphatic carbocycles. The van der Waals surface area contributed by atoms with E-state index in [4.69, 9.17) is 10.5 Å². The molecule has 1 saturated heterocycles. The Labute approximate surface area is 227 Å². The normalized spacial score (nSPS) is 18.1. The van der Waals surface area contributed by atoms with Crippen LogP contribution in [0.1, 0.15) is 50.5 Å². The van der Waals surface area contributed by atoms with Gasteiger partial charge in [0.1, 0.15) is 23.5 Å². The first kappa shape index (κ1) is 25.1. The Morgan fingerprint density at radius 2 is 1.92 bits per heavy atom. The first-order valence-corrected chi connectivity index (χ1v) is 14.4. The second kappa shape index (κ2) is 10.1. The standard InChI is InChI=1S/C28H36N8OS/c1-28(2,3)18-6-11-21-22(16-18)38-25-23(21)24(30-17-31-25)36-26(29)33-27(34-36)32-19-7-9-20(10-8-19)37-15-14-35-12-4-5-13-35/h7-10,17-18H,4-6,11-16H2,1-3H3,(H3,29,32,33,34). The van der Waals surface area contributed by atoms with Crippen LogP contribution in [0.15, 0.2) is 30.6 Å². The molecule has 1 aliphatic heterocycles. The second-order valence-corrected chi connectivity index (χ2v) is 12.5. The van der Waals surface area contributed by atoms with Crippen molar-refractivity contribution < 1.29 is 4.74 Å². The summed E-state index contributed by atoms with van der Waals surface area (Å²) in [6, 6.07) is 7.85. The predicted octanol–water partition coefficient (Wildman–Crippen LogP) is 5.22. The van der Waals surface area contributed by atoms with Crippen molar-refractivity contribution in [1.82, 2.24) is 29.6 Å². The van der Waals surface area contributed by atoms with Crippen molar-refractivity contribution in [3.05, 3.63) is 41.0 Å². The number of fused-ring (bicyclic) bond motifs is 3.